The number of aromatic amines is 1. The maximum Gasteiger partial charge on any atom is 0.361 e. The summed E-state index contributed by atoms with van der Waals surface area (Å²) < 4.78 is 16.7. The zero-order chi connectivity index (χ0) is 21.5. The molecule has 0 saturated heterocycles. The van der Waals surface area contributed by atoms with Crippen molar-refractivity contribution in [1.82, 2.24) is 15.4 Å². The first-order valence-corrected chi connectivity index (χ1v) is 9.76. The summed E-state index contributed by atoms with van der Waals surface area (Å²) in [5, 5.41) is 13.1. The molecular formula is C20H19BrN4O5. The minimum atomic E-state index is -0.610. The number of nitrogens with one attached hydrogen (secondary N) is 2. The summed E-state index contributed by atoms with van der Waals surface area (Å²) in [6, 6.07) is 12.2. The van der Waals surface area contributed by atoms with Gasteiger partial charge in [-0.1, -0.05) is 28.1 Å². The number of rotatable bonds is 8. The summed E-state index contributed by atoms with van der Waals surface area (Å²) >= 11 is 3.39. The van der Waals surface area contributed by atoms with Crippen molar-refractivity contribution >= 4 is 33.5 Å². The van der Waals surface area contributed by atoms with Gasteiger partial charge in [0.15, 0.2) is 12.3 Å². The van der Waals surface area contributed by atoms with Gasteiger partial charge in [0, 0.05) is 10.0 Å². The Hall–Kier alpha value is -3.40. The topological polar surface area (TPSA) is 115 Å². The predicted octanol–water partition coefficient (Wildman–Crippen LogP) is 3.44. The lowest BCUT2D eigenvalue weighted by molar-refractivity contribution is -0.118. The highest BCUT2D eigenvalue weighted by Gasteiger charge is 2.22. The van der Waals surface area contributed by atoms with Crippen LogP contribution in [0.15, 0.2) is 46.9 Å². The molecule has 3 aromatic rings. The molecule has 1 heterocycles. The second-order valence-electron chi connectivity index (χ2n) is 5.92. The maximum atomic E-state index is 12.4. The Morgan fingerprint density at radius 1 is 1.13 bits per heavy atom. The quantitative estimate of drug-likeness (QED) is 0.480. The molecule has 0 aliphatic rings. The fourth-order valence-electron chi connectivity index (χ4n) is 2.65. The Labute approximate surface area is 180 Å². The van der Waals surface area contributed by atoms with Crippen LogP contribution in [0.2, 0.25) is 0 Å². The SMILES string of the molecule is CCOC(=O)c1n[nH]nc1-c1cc(Br)ccc1OCC(=O)Nc1ccccc1OC. The highest BCUT2D eigenvalue weighted by Crippen LogP contribution is 2.33. The van der Waals surface area contributed by atoms with Crippen molar-refractivity contribution in [3.8, 4) is 22.8 Å². The van der Waals surface area contributed by atoms with Crippen LogP contribution < -0.4 is 14.8 Å². The van der Waals surface area contributed by atoms with Crippen LogP contribution >= 0.6 is 15.9 Å². The van der Waals surface area contributed by atoms with Gasteiger partial charge in [-0.15, -0.1) is 5.10 Å². The normalized spacial score (nSPS) is 10.4. The zero-order valence-electron chi connectivity index (χ0n) is 16.3. The van der Waals surface area contributed by atoms with Gasteiger partial charge in [-0.25, -0.2) is 4.79 Å². The molecule has 0 radical (unpaired) electrons. The highest BCUT2D eigenvalue weighted by atomic mass is 79.9. The van der Waals surface area contributed by atoms with Gasteiger partial charge in [0.25, 0.3) is 5.91 Å². The summed E-state index contributed by atoms with van der Waals surface area (Å²) in [6.45, 7) is 1.64. The number of ether oxygens (including phenoxy) is 3. The third-order valence-electron chi connectivity index (χ3n) is 3.95. The number of amides is 1. The van der Waals surface area contributed by atoms with Gasteiger partial charge in [0.05, 0.1) is 19.4 Å². The van der Waals surface area contributed by atoms with Crippen molar-refractivity contribution in [1.29, 1.82) is 0 Å². The van der Waals surface area contributed by atoms with E-state index in [0.717, 1.165) is 4.47 Å². The average Bonchev–Trinajstić information content (AvgIpc) is 3.23. The second-order valence-corrected chi connectivity index (χ2v) is 6.83. The number of carbonyl (C=O) groups is 2. The summed E-state index contributed by atoms with van der Waals surface area (Å²) in [7, 11) is 1.52. The number of H-pyrrole nitrogens is 1. The van der Waals surface area contributed by atoms with Crippen LogP contribution in [0.3, 0.4) is 0 Å². The number of esters is 1. The van der Waals surface area contributed by atoms with E-state index in [1.54, 1.807) is 49.4 Å². The molecule has 1 aromatic heterocycles. The Balaban J connectivity index is 1.79. The first-order valence-electron chi connectivity index (χ1n) is 8.97. The van der Waals surface area contributed by atoms with Gasteiger partial charge in [-0.2, -0.15) is 10.3 Å². The Bertz CT molecular complexity index is 1050. The number of carbonyl (C=O) groups excluding carboxylic acids is 2. The molecule has 0 atom stereocenters. The predicted molar refractivity (Wildman–Crippen MR) is 113 cm³/mol. The van der Waals surface area contributed by atoms with Crippen molar-refractivity contribution in [2.45, 2.75) is 6.92 Å². The summed E-state index contributed by atoms with van der Waals surface area (Å²) in [4.78, 5) is 24.5. The molecule has 0 unspecified atom stereocenters. The van der Waals surface area contributed by atoms with E-state index in [9.17, 15) is 9.59 Å². The van der Waals surface area contributed by atoms with Gasteiger partial charge < -0.3 is 19.5 Å². The molecule has 2 N–H and O–H groups in total. The number of aromatic nitrogens is 3. The number of methoxy groups -OCH3 is 1. The van der Waals surface area contributed by atoms with E-state index in [1.807, 2.05) is 0 Å². The van der Waals surface area contributed by atoms with Gasteiger partial charge in [0.1, 0.15) is 17.2 Å². The smallest absolute Gasteiger partial charge is 0.361 e. The molecule has 10 heteroatoms. The minimum Gasteiger partial charge on any atom is -0.495 e. The van der Waals surface area contributed by atoms with Crippen molar-refractivity contribution in [2.24, 2.45) is 0 Å². The standard InChI is InChI=1S/C20H19BrN4O5/c1-3-29-20(27)19-18(23-25-24-19)13-10-12(21)8-9-15(13)30-11-17(26)22-14-6-4-5-7-16(14)28-2/h4-10H,3,11H2,1-2H3,(H,22,26)(H,23,24,25). The molecule has 30 heavy (non-hydrogen) atoms. The third-order valence-corrected chi connectivity index (χ3v) is 4.45. The zero-order valence-corrected chi connectivity index (χ0v) is 17.9. The van der Waals surface area contributed by atoms with Crippen molar-refractivity contribution in [3.63, 3.8) is 0 Å². The number of para-hydroxylation sites is 2. The Kier molecular flexibility index (Phi) is 7.02. The van der Waals surface area contributed by atoms with Crippen molar-refractivity contribution in [3.05, 3.63) is 52.6 Å². The number of anilines is 1. The number of benzene rings is 2. The average molecular weight is 475 g/mol. The van der Waals surface area contributed by atoms with Gasteiger partial charge in [-0.05, 0) is 37.3 Å². The fourth-order valence-corrected chi connectivity index (χ4v) is 3.01. The van der Waals surface area contributed by atoms with E-state index < -0.39 is 5.97 Å². The van der Waals surface area contributed by atoms with Crippen molar-refractivity contribution < 1.29 is 23.8 Å². The lowest BCUT2D eigenvalue weighted by Gasteiger charge is -2.13. The molecule has 0 spiro atoms. The molecule has 9 nitrogen and oxygen atoms in total. The molecular weight excluding hydrogens is 456 g/mol. The first kappa shape index (κ1) is 21.3. The van der Waals surface area contributed by atoms with Gasteiger partial charge >= 0.3 is 5.97 Å². The van der Waals surface area contributed by atoms with E-state index >= 15 is 0 Å². The molecule has 0 saturated carbocycles. The number of hydrogen-bond donors (Lipinski definition) is 2. The van der Waals surface area contributed by atoms with Crippen LogP contribution in [0.25, 0.3) is 11.3 Å². The van der Waals surface area contributed by atoms with Crippen LogP contribution in [0.5, 0.6) is 11.5 Å². The molecule has 3 rings (SSSR count). The summed E-state index contributed by atoms with van der Waals surface area (Å²) in [6.07, 6.45) is 0. The Morgan fingerprint density at radius 3 is 2.70 bits per heavy atom. The van der Waals surface area contributed by atoms with Gasteiger partial charge in [-0.3, -0.25) is 4.79 Å². The minimum absolute atomic E-state index is 0.0262. The molecule has 2 aromatic carbocycles. The lowest BCUT2D eigenvalue weighted by Crippen LogP contribution is -2.20. The molecule has 0 aliphatic heterocycles. The fraction of sp³-hybridized carbons (Fsp3) is 0.200. The van der Waals surface area contributed by atoms with E-state index in [1.165, 1.54) is 7.11 Å². The number of halogens is 1. The van der Waals surface area contributed by atoms with E-state index in [2.05, 4.69) is 36.7 Å². The molecule has 0 aliphatic carbocycles. The maximum absolute atomic E-state index is 12.4. The molecule has 156 valence electrons. The first-order chi connectivity index (χ1) is 14.5. The summed E-state index contributed by atoms with van der Waals surface area (Å²) in [5.41, 5.74) is 1.30. The van der Waals surface area contributed by atoms with E-state index in [0.29, 0.717) is 22.7 Å². The third kappa shape index (κ3) is 4.95. The van der Waals surface area contributed by atoms with E-state index in [-0.39, 0.29) is 30.5 Å². The van der Waals surface area contributed by atoms with Crippen LogP contribution in [-0.2, 0) is 9.53 Å². The monoisotopic (exact) mass is 474 g/mol. The highest BCUT2D eigenvalue weighted by molar-refractivity contribution is 9.10. The molecule has 0 fully saturated rings. The molecule has 1 amide bonds. The van der Waals surface area contributed by atoms with Crippen molar-refractivity contribution in [2.75, 3.05) is 25.6 Å². The lowest BCUT2D eigenvalue weighted by atomic mass is 10.1. The van der Waals surface area contributed by atoms with Gasteiger partial charge in [0.2, 0.25) is 0 Å². The van der Waals surface area contributed by atoms with Crippen LogP contribution in [-0.4, -0.2) is 47.6 Å². The second kappa shape index (κ2) is 9.88. The largest absolute Gasteiger partial charge is 0.495 e. The Morgan fingerprint density at radius 2 is 1.93 bits per heavy atom. The van der Waals surface area contributed by atoms with Crippen LogP contribution in [0.4, 0.5) is 5.69 Å². The van der Waals surface area contributed by atoms with E-state index in [4.69, 9.17) is 14.2 Å². The molecule has 0 bridgehead atoms. The van der Waals surface area contributed by atoms with Crippen LogP contribution in [0, 0.1) is 0 Å². The number of hydrogen-bond acceptors (Lipinski definition) is 7. The summed E-state index contributed by atoms with van der Waals surface area (Å²) in [5.74, 6) is -0.0927. The number of nitrogens with zero attached hydrogens (tertiary/aromatic N) is 2. The van der Waals surface area contributed by atoms with Crippen LogP contribution in [0.1, 0.15) is 17.4 Å².